The Hall–Kier alpha value is -1.22. The van der Waals surface area contributed by atoms with Gasteiger partial charge in [0.05, 0.1) is 13.7 Å². The molecule has 0 aliphatic carbocycles. The molecule has 0 saturated carbocycles. The van der Waals surface area contributed by atoms with Crippen molar-refractivity contribution in [2.24, 2.45) is 0 Å². The van der Waals surface area contributed by atoms with Crippen LogP contribution in [0.15, 0.2) is 18.2 Å². The zero-order valence-corrected chi connectivity index (χ0v) is 15.3. The van der Waals surface area contributed by atoms with Gasteiger partial charge in [-0.25, -0.2) is 0 Å². The summed E-state index contributed by atoms with van der Waals surface area (Å²) in [4.78, 5) is 0. The summed E-state index contributed by atoms with van der Waals surface area (Å²) >= 11 is 0. The Balaban J connectivity index is 2.31. The smallest absolute Gasteiger partial charge is 0.161 e. The van der Waals surface area contributed by atoms with E-state index in [1.807, 2.05) is 6.07 Å². The Bertz CT molecular complexity index is 407. The van der Waals surface area contributed by atoms with Gasteiger partial charge >= 0.3 is 0 Å². The Morgan fingerprint density at radius 1 is 0.870 bits per heavy atom. The molecule has 3 heteroatoms. The van der Waals surface area contributed by atoms with Crippen LogP contribution in [0.3, 0.4) is 0 Å². The molecule has 1 aromatic carbocycles. The minimum Gasteiger partial charge on any atom is -0.493 e. The molecule has 1 N–H and O–H groups in total. The number of hydrogen-bond acceptors (Lipinski definition) is 3. The molecule has 0 aliphatic heterocycles. The second kappa shape index (κ2) is 13.2. The second-order valence-electron chi connectivity index (χ2n) is 6.13. The number of hydrogen-bond donors (Lipinski definition) is 1. The molecular formula is C20H35NO2. The predicted octanol–water partition coefficient (Wildman–Crippen LogP) is 5.32. The molecule has 0 saturated heterocycles. The minimum atomic E-state index is 0.763. The lowest BCUT2D eigenvalue weighted by atomic mass is 10.1. The first kappa shape index (κ1) is 19.8. The maximum atomic E-state index is 5.82. The lowest BCUT2D eigenvalue weighted by molar-refractivity contribution is 0.286. The molecule has 23 heavy (non-hydrogen) atoms. The van der Waals surface area contributed by atoms with Crippen molar-refractivity contribution in [3.05, 3.63) is 23.8 Å². The summed E-state index contributed by atoms with van der Waals surface area (Å²) in [5.74, 6) is 1.69. The van der Waals surface area contributed by atoms with Gasteiger partial charge in [-0.1, -0.05) is 58.4 Å². The van der Waals surface area contributed by atoms with Crippen LogP contribution in [0.4, 0.5) is 0 Å². The fraction of sp³-hybridized carbons (Fsp3) is 0.700. The fourth-order valence-electron chi connectivity index (χ4n) is 2.56. The van der Waals surface area contributed by atoms with Crippen LogP contribution in [-0.2, 0) is 6.54 Å². The van der Waals surface area contributed by atoms with Crippen LogP contribution >= 0.6 is 0 Å². The summed E-state index contributed by atoms with van der Waals surface area (Å²) in [7, 11) is 1.71. The molecule has 1 aromatic rings. The van der Waals surface area contributed by atoms with E-state index in [-0.39, 0.29) is 0 Å². The van der Waals surface area contributed by atoms with Crippen LogP contribution in [0.5, 0.6) is 11.5 Å². The maximum Gasteiger partial charge on any atom is 0.161 e. The van der Waals surface area contributed by atoms with Gasteiger partial charge in [-0.05, 0) is 37.1 Å². The summed E-state index contributed by atoms with van der Waals surface area (Å²) in [5.41, 5.74) is 1.25. The normalized spacial score (nSPS) is 10.7. The molecule has 0 aromatic heterocycles. The van der Waals surface area contributed by atoms with E-state index in [0.29, 0.717) is 0 Å². The lowest BCUT2D eigenvalue weighted by Crippen LogP contribution is -2.14. The Labute approximate surface area is 142 Å². The topological polar surface area (TPSA) is 30.5 Å². The Kier molecular flexibility index (Phi) is 11.4. The van der Waals surface area contributed by atoms with Gasteiger partial charge in [0, 0.05) is 6.54 Å². The van der Waals surface area contributed by atoms with Crippen LogP contribution in [0, 0.1) is 0 Å². The predicted molar refractivity (Wildman–Crippen MR) is 98.5 cm³/mol. The van der Waals surface area contributed by atoms with E-state index >= 15 is 0 Å². The van der Waals surface area contributed by atoms with Gasteiger partial charge in [0.25, 0.3) is 0 Å². The van der Waals surface area contributed by atoms with E-state index in [9.17, 15) is 0 Å². The van der Waals surface area contributed by atoms with Gasteiger partial charge in [0.15, 0.2) is 11.5 Å². The van der Waals surface area contributed by atoms with Crippen LogP contribution in [0.1, 0.15) is 70.8 Å². The molecule has 0 atom stereocenters. The molecule has 0 radical (unpaired) electrons. The number of ether oxygens (including phenoxy) is 2. The molecule has 132 valence electrons. The lowest BCUT2D eigenvalue weighted by Gasteiger charge is -2.12. The van der Waals surface area contributed by atoms with Crippen LogP contribution in [-0.4, -0.2) is 20.3 Å². The van der Waals surface area contributed by atoms with E-state index < -0.39 is 0 Å². The standard InChI is InChI=1S/C20H35NO2/c1-4-6-8-9-10-14-21-17-18-12-13-19(20(16-18)22-3)23-15-11-7-5-2/h12-13,16,21H,4-11,14-15,17H2,1-3H3. The molecule has 0 aliphatic rings. The molecule has 1 rings (SSSR count). The van der Waals surface area contributed by atoms with Crippen molar-refractivity contribution in [2.75, 3.05) is 20.3 Å². The van der Waals surface area contributed by atoms with Gasteiger partial charge in [0.1, 0.15) is 0 Å². The molecule has 0 fully saturated rings. The van der Waals surface area contributed by atoms with Crippen molar-refractivity contribution in [3.8, 4) is 11.5 Å². The summed E-state index contributed by atoms with van der Waals surface area (Å²) in [6, 6.07) is 6.24. The van der Waals surface area contributed by atoms with E-state index in [2.05, 4.69) is 31.3 Å². The number of rotatable bonds is 14. The molecule has 0 amide bonds. The third-order valence-corrected chi connectivity index (χ3v) is 4.02. The van der Waals surface area contributed by atoms with E-state index in [0.717, 1.165) is 37.6 Å². The van der Waals surface area contributed by atoms with Gasteiger partial charge in [-0.2, -0.15) is 0 Å². The van der Waals surface area contributed by atoms with Crippen molar-refractivity contribution in [3.63, 3.8) is 0 Å². The monoisotopic (exact) mass is 321 g/mol. The van der Waals surface area contributed by atoms with E-state index in [1.165, 1.54) is 50.5 Å². The molecule has 0 unspecified atom stereocenters. The summed E-state index contributed by atoms with van der Waals surface area (Å²) in [6.45, 7) is 7.19. The Morgan fingerprint density at radius 3 is 2.35 bits per heavy atom. The third-order valence-electron chi connectivity index (χ3n) is 4.02. The number of unbranched alkanes of at least 4 members (excludes halogenated alkanes) is 6. The highest BCUT2D eigenvalue weighted by Gasteiger charge is 2.05. The van der Waals surface area contributed by atoms with Crippen molar-refractivity contribution in [2.45, 2.75) is 71.8 Å². The van der Waals surface area contributed by atoms with Crippen LogP contribution in [0.2, 0.25) is 0 Å². The average molecular weight is 322 g/mol. The molecule has 0 spiro atoms. The zero-order chi connectivity index (χ0) is 16.8. The van der Waals surface area contributed by atoms with Crippen LogP contribution in [0.25, 0.3) is 0 Å². The van der Waals surface area contributed by atoms with E-state index in [1.54, 1.807) is 7.11 Å². The first-order chi connectivity index (χ1) is 11.3. The molecule has 0 bridgehead atoms. The van der Waals surface area contributed by atoms with Gasteiger partial charge < -0.3 is 14.8 Å². The highest BCUT2D eigenvalue weighted by atomic mass is 16.5. The highest BCUT2D eigenvalue weighted by Crippen LogP contribution is 2.28. The van der Waals surface area contributed by atoms with Crippen LogP contribution < -0.4 is 14.8 Å². The van der Waals surface area contributed by atoms with Gasteiger partial charge in [-0.15, -0.1) is 0 Å². The van der Waals surface area contributed by atoms with Crippen molar-refractivity contribution >= 4 is 0 Å². The first-order valence-corrected chi connectivity index (χ1v) is 9.32. The third kappa shape index (κ3) is 8.85. The number of methoxy groups -OCH3 is 1. The average Bonchev–Trinajstić information content (AvgIpc) is 2.58. The SMILES string of the molecule is CCCCCCCNCc1ccc(OCCCCC)c(OC)c1. The highest BCUT2D eigenvalue weighted by molar-refractivity contribution is 5.42. The Morgan fingerprint density at radius 2 is 1.61 bits per heavy atom. The minimum absolute atomic E-state index is 0.763. The van der Waals surface area contributed by atoms with Gasteiger partial charge in [-0.3, -0.25) is 0 Å². The molecular weight excluding hydrogens is 286 g/mol. The zero-order valence-electron chi connectivity index (χ0n) is 15.3. The largest absolute Gasteiger partial charge is 0.493 e. The van der Waals surface area contributed by atoms with E-state index in [4.69, 9.17) is 9.47 Å². The quantitative estimate of drug-likeness (QED) is 0.470. The molecule has 0 heterocycles. The molecule has 3 nitrogen and oxygen atoms in total. The first-order valence-electron chi connectivity index (χ1n) is 9.32. The second-order valence-corrected chi connectivity index (χ2v) is 6.13. The van der Waals surface area contributed by atoms with Crippen molar-refractivity contribution in [1.29, 1.82) is 0 Å². The van der Waals surface area contributed by atoms with Crippen molar-refractivity contribution in [1.82, 2.24) is 5.32 Å². The summed E-state index contributed by atoms with van der Waals surface area (Å²) in [5, 5.41) is 3.51. The number of nitrogens with one attached hydrogen (secondary N) is 1. The maximum absolute atomic E-state index is 5.82. The fourth-order valence-corrected chi connectivity index (χ4v) is 2.56. The summed E-state index contributed by atoms with van der Waals surface area (Å²) in [6.07, 6.45) is 10.1. The van der Waals surface area contributed by atoms with Crippen molar-refractivity contribution < 1.29 is 9.47 Å². The summed E-state index contributed by atoms with van der Waals surface area (Å²) < 4.78 is 11.3. The van der Waals surface area contributed by atoms with Gasteiger partial charge in [0.2, 0.25) is 0 Å². The number of benzene rings is 1.